The lowest BCUT2D eigenvalue weighted by molar-refractivity contribution is -0.147. The lowest BCUT2D eigenvalue weighted by Gasteiger charge is -2.44. The summed E-state index contributed by atoms with van der Waals surface area (Å²) in [5.41, 5.74) is 0.596. The van der Waals surface area contributed by atoms with Gasteiger partial charge in [0, 0.05) is 31.2 Å². The molecule has 1 atom stereocenters. The molecule has 0 bridgehead atoms. The number of carbonyl (C=O) groups excluding carboxylic acids is 1. The Morgan fingerprint density at radius 1 is 1.28 bits per heavy atom. The Balaban J connectivity index is 1.77. The largest absolute Gasteiger partial charge is 0.493 e. The second-order valence-electron chi connectivity index (χ2n) is 8.15. The highest BCUT2D eigenvalue weighted by Gasteiger charge is 2.42. The van der Waals surface area contributed by atoms with Crippen LogP contribution in [0.5, 0.6) is 11.5 Å². The molecular formula is C22H34N2O5. The average Bonchev–Trinajstić information content (AvgIpc) is 2.86. The van der Waals surface area contributed by atoms with Gasteiger partial charge >= 0.3 is 0 Å². The van der Waals surface area contributed by atoms with E-state index < -0.39 is 5.60 Å². The van der Waals surface area contributed by atoms with E-state index in [4.69, 9.17) is 18.9 Å². The van der Waals surface area contributed by atoms with E-state index in [0.29, 0.717) is 32.9 Å². The first kappa shape index (κ1) is 21.9. The zero-order valence-corrected chi connectivity index (χ0v) is 18.1. The van der Waals surface area contributed by atoms with Crippen LogP contribution in [0.15, 0.2) is 18.2 Å². The number of benzene rings is 1. The van der Waals surface area contributed by atoms with Gasteiger partial charge in [0.05, 0.1) is 33.5 Å². The van der Waals surface area contributed by atoms with Gasteiger partial charge in [0.15, 0.2) is 11.5 Å². The summed E-state index contributed by atoms with van der Waals surface area (Å²) in [4.78, 5) is 16.6. The molecule has 2 fully saturated rings. The van der Waals surface area contributed by atoms with Gasteiger partial charge in [0.25, 0.3) is 0 Å². The van der Waals surface area contributed by atoms with Crippen LogP contribution in [0.3, 0.4) is 0 Å². The summed E-state index contributed by atoms with van der Waals surface area (Å²) in [5.74, 6) is 1.60. The van der Waals surface area contributed by atoms with Crippen LogP contribution in [0.1, 0.15) is 32.8 Å². The number of nitrogens with zero attached hydrogens (tertiary/aromatic N) is 2. The average molecular weight is 407 g/mol. The number of hydrogen-bond donors (Lipinski definition) is 0. The van der Waals surface area contributed by atoms with E-state index in [1.54, 1.807) is 7.11 Å². The minimum absolute atomic E-state index is 0.0284. The van der Waals surface area contributed by atoms with Crippen molar-refractivity contribution < 1.29 is 23.7 Å². The number of morpholine rings is 1. The minimum atomic E-state index is -0.502. The lowest BCUT2D eigenvalue weighted by atomic mass is 10.0. The van der Waals surface area contributed by atoms with Crippen LogP contribution in [0.2, 0.25) is 0 Å². The Hall–Kier alpha value is -1.83. The third-order valence-corrected chi connectivity index (χ3v) is 5.45. The number of amides is 1. The van der Waals surface area contributed by atoms with Gasteiger partial charge in [0.2, 0.25) is 5.91 Å². The Morgan fingerprint density at radius 3 is 2.83 bits per heavy atom. The summed E-state index contributed by atoms with van der Waals surface area (Å²) in [6.07, 6.45) is 0.939. The number of methoxy groups -OCH3 is 1. The van der Waals surface area contributed by atoms with Gasteiger partial charge in [-0.05, 0) is 26.3 Å². The van der Waals surface area contributed by atoms with Crippen molar-refractivity contribution >= 4 is 5.91 Å². The molecule has 2 aliphatic rings. The topological polar surface area (TPSA) is 60.5 Å². The quantitative estimate of drug-likeness (QED) is 0.693. The minimum Gasteiger partial charge on any atom is -0.493 e. The van der Waals surface area contributed by atoms with Gasteiger partial charge in [-0.3, -0.25) is 9.69 Å². The maximum absolute atomic E-state index is 12.4. The molecule has 2 aliphatic heterocycles. The Bertz CT molecular complexity index is 696. The summed E-state index contributed by atoms with van der Waals surface area (Å²) in [6.45, 7) is 10.8. The van der Waals surface area contributed by atoms with Gasteiger partial charge in [-0.2, -0.15) is 0 Å². The lowest BCUT2D eigenvalue weighted by Crippen LogP contribution is -2.59. The van der Waals surface area contributed by atoms with E-state index in [9.17, 15) is 4.79 Å². The standard InChI is InChI=1S/C22H34N2O5/c1-5-10-28-21-18(7-6-8-19(21)26-4)12-23-9-11-29-22(14-23)15-24(17(2)3)20(25)13-27-16-22/h6-8,17H,5,9-16H2,1-4H3. The van der Waals surface area contributed by atoms with E-state index in [0.717, 1.165) is 36.6 Å². The zero-order chi connectivity index (χ0) is 20.9. The van der Waals surface area contributed by atoms with E-state index in [1.165, 1.54) is 0 Å². The van der Waals surface area contributed by atoms with Crippen molar-refractivity contribution in [2.75, 3.05) is 53.2 Å². The predicted molar refractivity (Wildman–Crippen MR) is 110 cm³/mol. The molecule has 2 saturated heterocycles. The zero-order valence-electron chi connectivity index (χ0n) is 18.1. The molecule has 1 spiro atoms. The van der Waals surface area contributed by atoms with Crippen LogP contribution in [0, 0.1) is 0 Å². The second-order valence-corrected chi connectivity index (χ2v) is 8.15. The molecule has 1 unspecified atom stereocenters. The van der Waals surface area contributed by atoms with Crippen LogP contribution in [0.25, 0.3) is 0 Å². The highest BCUT2D eigenvalue weighted by Crippen LogP contribution is 2.33. The van der Waals surface area contributed by atoms with Crippen molar-refractivity contribution in [3.8, 4) is 11.5 Å². The van der Waals surface area contributed by atoms with Crippen LogP contribution < -0.4 is 9.47 Å². The monoisotopic (exact) mass is 406 g/mol. The number of rotatable bonds is 7. The fraction of sp³-hybridized carbons (Fsp3) is 0.682. The molecule has 0 radical (unpaired) electrons. The fourth-order valence-corrected chi connectivity index (χ4v) is 4.02. The van der Waals surface area contributed by atoms with Crippen molar-refractivity contribution in [2.24, 2.45) is 0 Å². The van der Waals surface area contributed by atoms with Crippen molar-refractivity contribution in [1.82, 2.24) is 9.80 Å². The summed E-state index contributed by atoms with van der Waals surface area (Å²) < 4.78 is 23.4. The van der Waals surface area contributed by atoms with Crippen molar-refractivity contribution in [1.29, 1.82) is 0 Å². The van der Waals surface area contributed by atoms with E-state index in [2.05, 4.69) is 17.9 Å². The molecule has 0 aliphatic carbocycles. The smallest absolute Gasteiger partial charge is 0.248 e. The highest BCUT2D eigenvalue weighted by atomic mass is 16.6. The molecule has 2 heterocycles. The molecule has 0 aromatic heterocycles. The molecule has 3 rings (SSSR count). The molecule has 29 heavy (non-hydrogen) atoms. The number of carbonyl (C=O) groups is 1. The van der Waals surface area contributed by atoms with Gasteiger partial charge in [-0.25, -0.2) is 0 Å². The van der Waals surface area contributed by atoms with Crippen LogP contribution in [0.4, 0.5) is 0 Å². The normalized spacial score (nSPS) is 23.5. The summed E-state index contributed by atoms with van der Waals surface area (Å²) in [6, 6.07) is 6.13. The summed E-state index contributed by atoms with van der Waals surface area (Å²) >= 11 is 0. The first-order chi connectivity index (χ1) is 14.0. The SMILES string of the molecule is CCCOc1c(CN2CCOC3(COCC(=O)N(C(C)C)C3)C2)cccc1OC. The fourth-order valence-electron chi connectivity index (χ4n) is 4.02. The first-order valence-electron chi connectivity index (χ1n) is 10.5. The van der Waals surface area contributed by atoms with Gasteiger partial charge in [-0.1, -0.05) is 19.1 Å². The Kier molecular flexibility index (Phi) is 7.38. The van der Waals surface area contributed by atoms with E-state index >= 15 is 0 Å². The van der Waals surface area contributed by atoms with Crippen LogP contribution in [-0.4, -0.2) is 80.5 Å². The van der Waals surface area contributed by atoms with Crippen LogP contribution in [-0.2, 0) is 20.8 Å². The van der Waals surface area contributed by atoms with Crippen molar-refractivity contribution in [3.63, 3.8) is 0 Å². The van der Waals surface area contributed by atoms with Gasteiger partial charge in [0.1, 0.15) is 12.2 Å². The summed E-state index contributed by atoms with van der Waals surface area (Å²) in [7, 11) is 1.67. The summed E-state index contributed by atoms with van der Waals surface area (Å²) in [5, 5.41) is 0. The van der Waals surface area contributed by atoms with Crippen molar-refractivity contribution in [2.45, 2.75) is 45.4 Å². The Labute approximate surface area is 173 Å². The molecular weight excluding hydrogens is 372 g/mol. The Morgan fingerprint density at radius 2 is 2.10 bits per heavy atom. The maximum Gasteiger partial charge on any atom is 0.248 e. The molecule has 7 nitrogen and oxygen atoms in total. The van der Waals surface area contributed by atoms with Crippen molar-refractivity contribution in [3.05, 3.63) is 23.8 Å². The number of ether oxygens (including phenoxy) is 4. The highest BCUT2D eigenvalue weighted by molar-refractivity contribution is 5.78. The number of para-hydroxylation sites is 1. The molecule has 1 amide bonds. The molecule has 0 N–H and O–H groups in total. The van der Waals surface area contributed by atoms with E-state index in [1.807, 2.05) is 30.9 Å². The van der Waals surface area contributed by atoms with Crippen LogP contribution >= 0.6 is 0 Å². The van der Waals surface area contributed by atoms with E-state index in [-0.39, 0.29) is 18.6 Å². The number of hydrogen-bond acceptors (Lipinski definition) is 6. The molecule has 0 saturated carbocycles. The van der Waals surface area contributed by atoms with Gasteiger partial charge in [-0.15, -0.1) is 0 Å². The van der Waals surface area contributed by atoms with Gasteiger partial charge < -0.3 is 23.8 Å². The third-order valence-electron chi connectivity index (χ3n) is 5.45. The maximum atomic E-state index is 12.4. The second kappa shape index (κ2) is 9.78. The molecule has 7 heteroatoms. The third kappa shape index (κ3) is 5.21. The molecule has 1 aromatic rings. The molecule has 1 aromatic carbocycles. The predicted octanol–water partition coefficient (Wildman–Crippen LogP) is 2.32. The first-order valence-corrected chi connectivity index (χ1v) is 10.5. The molecule has 162 valence electrons.